The van der Waals surface area contributed by atoms with Gasteiger partial charge in [-0.15, -0.1) is 16.4 Å². The van der Waals surface area contributed by atoms with Crippen LogP contribution in [0.1, 0.15) is 28.7 Å². The highest BCUT2D eigenvalue weighted by atomic mass is 32.1. The van der Waals surface area contributed by atoms with E-state index < -0.39 is 0 Å². The van der Waals surface area contributed by atoms with E-state index in [2.05, 4.69) is 15.6 Å². The molecule has 2 aromatic rings. The van der Waals surface area contributed by atoms with Crippen molar-refractivity contribution in [2.75, 3.05) is 6.61 Å². The monoisotopic (exact) mass is 280 g/mol. The molecule has 1 atom stereocenters. The van der Waals surface area contributed by atoms with Crippen molar-refractivity contribution in [2.24, 2.45) is 0 Å². The zero-order chi connectivity index (χ0) is 13.7. The second-order valence-corrected chi connectivity index (χ2v) is 5.30. The van der Waals surface area contributed by atoms with Gasteiger partial charge in [0.05, 0.1) is 12.7 Å². The van der Waals surface area contributed by atoms with Gasteiger partial charge < -0.3 is 10.4 Å². The second kappa shape index (κ2) is 6.44. The van der Waals surface area contributed by atoms with Gasteiger partial charge in [0.15, 0.2) is 5.69 Å². The molecule has 0 bridgehead atoms. The van der Waals surface area contributed by atoms with Crippen molar-refractivity contribution in [3.05, 3.63) is 34.3 Å². The van der Waals surface area contributed by atoms with Crippen molar-refractivity contribution in [1.82, 2.24) is 20.3 Å². The average molecular weight is 280 g/mol. The summed E-state index contributed by atoms with van der Waals surface area (Å²) in [7, 11) is 0. The summed E-state index contributed by atoms with van der Waals surface area (Å²) in [5.41, 5.74) is 0.293. The highest BCUT2D eigenvalue weighted by Crippen LogP contribution is 2.10. The van der Waals surface area contributed by atoms with Crippen LogP contribution in [0.3, 0.4) is 0 Å². The normalized spacial score (nSPS) is 12.3. The fourth-order valence-electron chi connectivity index (χ4n) is 1.61. The molecule has 2 N–H and O–H groups in total. The van der Waals surface area contributed by atoms with Crippen LogP contribution in [0.2, 0.25) is 0 Å². The molecule has 0 fully saturated rings. The maximum atomic E-state index is 11.8. The number of aromatic nitrogens is 3. The Kier molecular flexibility index (Phi) is 4.64. The Bertz CT molecular complexity index is 524. The largest absolute Gasteiger partial charge is 0.396 e. The summed E-state index contributed by atoms with van der Waals surface area (Å²) >= 11 is 1.64. The number of nitrogens with zero attached hydrogens (tertiary/aromatic N) is 3. The summed E-state index contributed by atoms with van der Waals surface area (Å²) < 4.78 is 1.64. The van der Waals surface area contributed by atoms with Gasteiger partial charge in [-0.05, 0) is 24.8 Å². The van der Waals surface area contributed by atoms with Gasteiger partial charge in [-0.1, -0.05) is 11.3 Å². The van der Waals surface area contributed by atoms with Gasteiger partial charge in [-0.2, -0.15) is 0 Å². The Balaban J connectivity index is 1.94. The van der Waals surface area contributed by atoms with Crippen LogP contribution in [-0.4, -0.2) is 38.7 Å². The standard InChI is InChI=1S/C12H16N4O2S/c1-9(4-5-17)13-12(18)11-8-16(15-14-11)7-10-3-2-6-19-10/h2-3,6,8-9,17H,4-5,7H2,1H3,(H,13,18). The van der Waals surface area contributed by atoms with Crippen LogP contribution in [0.5, 0.6) is 0 Å². The number of nitrogens with one attached hydrogen (secondary N) is 1. The molecule has 0 radical (unpaired) electrons. The molecule has 0 saturated carbocycles. The number of hydrogen-bond acceptors (Lipinski definition) is 5. The maximum absolute atomic E-state index is 11.8. The molecule has 1 amide bonds. The molecule has 0 aliphatic rings. The second-order valence-electron chi connectivity index (χ2n) is 4.27. The zero-order valence-electron chi connectivity index (χ0n) is 10.6. The Labute approximate surface area is 115 Å². The van der Waals surface area contributed by atoms with Gasteiger partial charge in [0.1, 0.15) is 0 Å². The molecule has 0 aromatic carbocycles. The molecule has 0 aliphatic carbocycles. The van der Waals surface area contributed by atoms with Crippen LogP contribution in [0.25, 0.3) is 0 Å². The molecule has 6 nitrogen and oxygen atoms in total. The van der Waals surface area contributed by atoms with Gasteiger partial charge in [-0.25, -0.2) is 4.68 Å². The van der Waals surface area contributed by atoms with Crippen LogP contribution in [0, 0.1) is 0 Å². The molecule has 1 unspecified atom stereocenters. The SMILES string of the molecule is CC(CCO)NC(=O)c1cn(Cc2cccs2)nn1. The fraction of sp³-hybridized carbons (Fsp3) is 0.417. The van der Waals surface area contributed by atoms with Gasteiger partial charge in [0, 0.05) is 17.5 Å². The van der Waals surface area contributed by atoms with Crippen LogP contribution < -0.4 is 5.32 Å². The molecule has 2 aromatic heterocycles. The molecular weight excluding hydrogens is 264 g/mol. The maximum Gasteiger partial charge on any atom is 0.273 e. The van der Waals surface area contributed by atoms with Gasteiger partial charge in [-0.3, -0.25) is 4.79 Å². The minimum absolute atomic E-state index is 0.0481. The number of thiophene rings is 1. The van der Waals surface area contributed by atoms with E-state index in [0.717, 1.165) is 4.88 Å². The van der Waals surface area contributed by atoms with Crippen molar-refractivity contribution in [1.29, 1.82) is 0 Å². The lowest BCUT2D eigenvalue weighted by Crippen LogP contribution is -2.33. The highest BCUT2D eigenvalue weighted by Gasteiger charge is 2.13. The summed E-state index contributed by atoms with van der Waals surface area (Å²) in [6.07, 6.45) is 2.15. The van der Waals surface area contributed by atoms with Gasteiger partial charge >= 0.3 is 0 Å². The molecule has 0 saturated heterocycles. The Hall–Kier alpha value is -1.73. The lowest BCUT2D eigenvalue weighted by atomic mass is 10.2. The summed E-state index contributed by atoms with van der Waals surface area (Å²) in [6, 6.07) is 3.90. The van der Waals surface area contributed by atoms with E-state index >= 15 is 0 Å². The third-order valence-electron chi connectivity index (χ3n) is 2.61. The van der Waals surface area contributed by atoms with Crippen molar-refractivity contribution in [3.8, 4) is 0 Å². The van der Waals surface area contributed by atoms with E-state index in [9.17, 15) is 4.79 Å². The zero-order valence-corrected chi connectivity index (χ0v) is 11.4. The average Bonchev–Trinajstić information content (AvgIpc) is 3.01. The first-order valence-corrected chi connectivity index (χ1v) is 6.91. The quantitative estimate of drug-likeness (QED) is 0.823. The number of carbonyl (C=O) groups excluding carboxylic acids is 1. The minimum atomic E-state index is -0.265. The van der Waals surface area contributed by atoms with Crippen molar-refractivity contribution in [3.63, 3.8) is 0 Å². The predicted molar refractivity (Wildman–Crippen MR) is 72.1 cm³/mol. The van der Waals surface area contributed by atoms with E-state index in [1.54, 1.807) is 22.2 Å². The lowest BCUT2D eigenvalue weighted by Gasteiger charge is -2.10. The topological polar surface area (TPSA) is 80.0 Å². The first kappa shape index (κ1) is 13.7. The van der Waals surface area contributed by atoms with E-state index in [1.807, 2.05) is 24.4 Å². The summed E-state index contributed by atoms with van der Waals surface area (Å²) in [5, 5.41) is 21.3. The van der Waals surface area contributed by atoms with Gasteiger partial charge in [0.2, 0.25) is 0 Å². The third-order valence-corrected chi connectivity index (χ3v) is 3.47. The van der Waals surface area contributed by atoms with Crippen molar-refractivity contribution < 1.29 is 9.90 Å². The molecule has 2 rings (SSSR count). The number of amides is 1. The van der Waals surface area contributed by atoms with Crippen molar-refractivity contribution >= 4 is 17.2 Å². The smallest absolute Gasteiger partial charge is 0.273 e. The van der Waals surface area contributed by atoms with E-state index in [1.165, 1.54) is 0 Å². The van der Waals surface area contributed by atoms with Crippen LogP contribution in [0.15, 0.2) is 23.7 Å². The van der Waals surface area contributed by atoms with E-state index in [-0.39, 0.29) is 18.6 Å². The van der Waals surface area contributed by atoms with E-state index in [4.69, 9.17) is 5.11 Å². The Morgan fingerprint density at radius 1 is 1.63 bits per heavy atom. The molecule has 0 spiro atoms. The minimum Gasteiger partial charge on any atom is -0.396 e. The van der Waals surface area contributed by atoms with Gasteiger partial charge in [0.25, 0.3) is 5.91 Å². The molecule has 102 valence electrons. The molecule has 2 heterocycles. The summed E-state index contributed by atoms with van der Waals surface area (Å²) in [4.78, 5) is 13.0. The molecule has 7 heteroatoms. The molecular formula is C12H16N4O2S. The first-order chi connectivity index (χ1) is 9.19. The van der Waals surface area contributed by atoms with Crippen LogP contribution in [-0.2, 0) is 6.54 Å². The van der Waals surface area contributed by atoms with Crippen LogP contribution in [0.4, 0.5) is 0 Å². The van der Waals surface area contributed by atoms with E-state index in [0.29, 0.717) is 18.7 Å². The Morgan fingerprint density at radius 3 is 3.16 bits per heavy atom. The number of aliphatic hydroxyl groups excluding tert-OH is 1. The highest BCUT2D eigenvalue weighted by molar-refractivity contribution is 7.09. The predicted octanol–water partition coefficient (Wildman–Crippen LogP) is 0.889. The lowest BCUT2D eigenvalue weighted by molar-refractivity contribution is 0.0929. The summed E-state index contributed by atoms with van der Waals surface area (Å²) in [5.74, 6) is -0.265. The van der Waals surface area contributed by atoms with Crippen molar-refractivity contribution in [2.45, 2.75) is 25.9 Å². The number of rotatable bonds is 6. The van der Waals surface area contributed by atoms with Crippen LogP contribution >= 0.6 is 11.3 Å². The first-order valence-electron chi connectivity index (χ1n) is 6.03. The molecule has 0 aliphatic heterocycles. The number of carbonyl (C=O) groups is 1. The molecule has 19 heavy (non-hydrogen) atoms. The number of aliphatic hydroxyl groups is 1. The third kappa shape index (κ3) is 3.87. The fourth-order valence-corrected chi connectivity index (χ4v) is 2.30. The number of hydrogen-bond donors (Lipinski definition) is 2. The Morgan fingerprint density at radius 2 is 2.47 bits per heavy atom. The summed E-state index contributed by atoms with van der Waals surface area (Å²) in [6.45, 7) is 2.50.